The number of nitrogens with two attached hydrogens (primary N) is 2. The number of carbonyl (C=O) groups excluding carboxylic acids is 1. The van der Waals surface area contributed by atoms with Crippen molar-refractivity contribution in [2.75, 3.05) is 11.9 Å². The molecule has 0 spiro atoms. The summed E-state index contributed by atoms with van der Waals surface area (Å²) in [7, 11) is -3.97. The molecule has 29 heavy (non-hydrogen) atoms. The molecule has 154 valence electrons. The van der Waals surface area contributed by atoms with Gasteiger partial charge in [-0.15, -0.1) is 4.40 Å². The minimum Gasteiger partial charge on any atom is -0.494 e. The van der Waals surface area contributed by atoms with Crippen LogP contribution in [-0.2, 0) is 10.0 Å². The Morgan fingerprint density at radius 3 is 2.28 bits per heavy atom. The SMILES string of the molecule is CCCOc1ccc(C(=O)NC(=S)Nc2ccc(S(=O)(=O)N=C(N)N)cc2)cc1. The molecule has 0 aliphatic rings. The highest BCUT2D eigenvalue weighted by atomic mass is 32.2. The van der Waals surface area contributed by atoms with E-state index in [-0.39, 0.29) is 10.0 Å². The van der Waals surface area contributed by atoms with Crippen molar-refractivity contribution in [1.29, 1.82) is 0 Å². The van der Waals surface area contributed by atoms with Crippen molar-refractivity contribution < 1.29 is 17.9 Å². The summed E-state index contributed by atoms with van der Waals surface area (Å²) in [6.07, 6.45) is 0.892. The van der Waals surface area contributed by atoms with E-state index in [4.69, 9.17) is 28.4 Å². The minimum atomic E-state index is -3.97. The lowest BCUT2D eigenvalue weighted by Crippen LogP contribution is -2.34. The van der Waals surface area contributed by atoms with Crippen molar-refractivity contribution >= 4 is 44.9 Å². The lowest BCUT2D eigenvalue weighted by molar-refractivity contribution is 0.0977. The average molecular weight is 436 g/mol. The van der Waals surface area contributed by atoms with Crippen LogP contribution in [0.4, 0.5) is 5.69 Å². The van der Waals surface area contributed by atoms with Crippen LogP contribution in [0.2, 0.25) is 0 Å². The zero-order chi connectivity index (χ0) is 21.4. The van der Waals surface area contributed by atoms with Gasteiger partial charge in [-0.1, -0.05) is 6.92 Å². The van der Waals surface area contributed by atoms with Gasteiger partial charge in [-0.25, -0.2) is 0 Å². The number of rotatable bonds is 7. The molecule has 2 aromatic rings. The van der Waals surface area contributed by atoms with E-state index in [0.29, 0.717) is 23.6 Å². The zero-order valence-corrected chi connectivity index (χ0v) is 17.2. The van der Waals surface area contributed by atoms with Gasteiger partial charge < -0.3 is 21.5 Å². The lowest BCUT2D eigenvalue weighted by Gasteiger charge is -2.10. The van der Waals surface area contributed by atoms with Crippen LogP contribution >= 0.6 is 12.2 Å². The smallest absolute Gasteiger partial charge is 0.285 e. The molecule has 0 saturated carbocycles. The van der Waals surface area contributed by atoms with Crippen LogP contribution in [-0.4, -0.2) is 32.0 Å². The van der Waals surface area contributed by atoms with Crippen LogP contribution in [0.15, 0.2) is 57.8 Å². The molecule has 6 N–H and O–H groups in total. The summed E-state index contributed by atoms with van der Waals surface area (Å²) in [5, 5.41) is 5.40. The topological polar surface area (TPSA) is 149 Å². The van der Waals surface area contributed by atoms with E-state index in [0.717, 1.165) is 6.42 Å². The normalized spacial score (nSPS) is 10.7. The van der Waals surface area contributed by atoms with Gasteiger partial charge in [-0.05, 0) is 67.2 Å². The van der Waals surface area contributed by atoms with E-state index in [9.17, 15) is 13.2 Å². The lowest BCUT2D eigenvalue weighted by atomic mass is 10.2. The molecule has 2 aromatic carbocycles. The van der Waals surface area contributed by atoms with Gasteiger partial charge in [0.1, 0.15) is 5.75 Å². The van der Waals surface area contributed by atoms with Crippen LogP contribution in [0.1, 0.15) is 23.7 Å². The van der Waals surface area contributed by atoms with Crippen molar-refractivity contribution in [3.05, 3.63) is 54.1 Å². The number of anilines is 1. The summed E-state index contributed by atoms with van der Waals surface area (Å²) in [6.45, 7) is 2.61. The summed E-state index contributed by atoms with van der Waals surface area (Å²) < 4.78 is 32.5. The number of nitrogens with zero attached hydrogens (tertiary/aromatic N) is 1. The molecule has 0 aromatic heterocycles. The number of carbonyl (C=O) groups is 1. The Labute approximate surface area is 174 Å². The molecule has 0 radical (unpaired) electrons. The van der Waals surface area contributed by atoms with Gasteiger partial charge in [0.2, 0.25) is 5.96 Å². The van der Waals surface area contributed by atoms with Gasteiger partial charge in [-0.3, -0.25) is 10.1 Å². The maximum Gasteiger partial charge on any atom is 0.285 e. The second-order valence-corrected chi connectivity index (χ2v) is 7.81. The number of thiocarbonyl (C=S) groups is 1. The largest absolute Gasteiger partial charge is 0.494 e. The van der Waals surface area contributed by atoms with Gasteiger partial charge >= 0.3 is 0 Å². The highest BCUT2D eigenvalue weighted by Crippen LogP contribution is 2.16. The van der Waals surface area contributed by atoms with E-state index in [1.807, 2.05) is 6.92 Å². The first-order chi connectivity index (χ1) is 13.7. The quantitative estimate of drug-likeness (QED) is 0.291. The Morgan fingerprint density at radius 2 is 1.72 bits per heavy atom. The molecule has 11 heteroatoms. The van der Waals surface area contributed by atoms with Gasteiger partial charge in [-0.2, -0.15) is 8.42 Å². The fraction of sp³-hybridized carbons (Fsp3) is 0.167. The van der Waals surface area contributed by atoms with E-state index in [1.54, 1.807) is 24.3 Å². The molecule has 0 heterocycles. The summed E-state index contributed by atoms with van der Waals surface area (Å²) >= 11 is 5.12. The number of hydrogen-bond acceptors (Lipinski definition) is 5. The zero-order valence-electron chi connectivity index (χ0n) is 15.6. The number of sulfonamides is 1. The highest BCUT2D eigenvalue weighted by molar-refractivity contribution is 7.90. The van der Waals surface area contributed by atoms with Gasteiger partial charge in [0.15, 0.2) is 5.11 Å². The number of nitrogens with one attached hydrogen (secondary N) is 2. The molecule has 0 aliphatic heterocycles. The van der Waals surface area contributed by atoms with Crippen LogP contribution in [0.25, 0.3) is 0 Å². The van der Waals surface area contributed by atoms with Crippen LogP contribution in [0.5, 0.6) is 5.75 Å². The second kappa shape index (κ2) is 9.85. The third-order valence-electron chi connectivity index (χ3n) is 3.45. The molecule has 1 amide bonds. The van der Waals surface area contributed by atoms with Crippen LogP contribution in [0.3, 0.4) is 0 Å². The first-order valence-electron chi connectivity index (χ1n) is 8.52. The van der Waals surface area contributed by atoms with E-state index >= 15 is 0 Å². The number of hydrogen-bond donors (Lipinski definition) is 4. The first kappa shape index (κ1) is 22.1. The molecule has 0 atom stereocenters. The molecule has 0 saturated heterocycles. The monoisotopic (exact) mass is 435 g/mol. The maximum atomic E-state index is 12.3. The molecule has 0 unspecified atom stereocenters. The fourth-order valence-electron chi connectivity index (χ4n) is 2.16. The van der Waals surface area contributed by atoms with Crippen molar-refractivity contribution in [3.63, 3.8) is 0 Å². The van der Waals surface area contributed by atoms with Crippen molar-refractivity contribution in [1.82, 2.24) is 5.32 Å². The number of ether oxygens (including phenoxy) is 1. The van der Waals surface area contributed by atoms with Gasteiger partial charge in [0.05, 0.1) is 11.5 Å². The molecule has 0 bridgehead atoms. The Morgan fingerprint density at radius 1 is 1.10 bits per heavy atom. The number of guanidine groups is 1. The van der Waals surface area contributed by atoms with Crippen molar-refractivity contribution in [2.45, 2.75) is 18.2 Å². The van der Waals surface area contributed by atoms with E-state index in [2.05, 4.69) is 15.0 Å². The minimum absolute atomic E-state index is 0.0566. The molecular weight excluding hydrogens is 414 g/mol. The van der Waals surface area contributed by atoms with Gasteiger partial charge in [0, 0.05) is 11.3 Å². The summed E-state index contributed by atoms with van der Waals surface area (Å²) in [6, 6.07) is 12.2. The third-order valence-corrected chi connectivity index (χ3v) is 4.98. The molecular formula is C18H21N5O4S2. The predicted octanol–water partition coefficient (Wildman–Crippen LogP) is 1.56. The molecule has 0 fully saturated rings. The van der Waals surface area contributed by atoms with Crippen molar-refractivity contribution in [3.8, 4) is 5.75 Å². The second-order valence-electron chi connectivity index (χ2n) is 5.80. The fourth-order valence-corrected chi connectivity index (χ4v) is 3.24. The summed E-state index contributed by atoms with van der Waals surface area (Å²) in [5.74, 6) is -0.266. The number of benzene rings is 2. The predicted molar refractivity (Wildman–Crippen MR) is 115 cm³/mol. The Balaban J connectivity index is 1.96. The van der Waals surface area contributed by atoms with E-state index < -0.39 is 21.9 Å². The van der Waals surface area contributed by atoms with E-state index in [1.165, 1.54) is 24.3 Å². The van der Waals surface area contributed by atoms with Crippen LogP contribution in [0, 0.1) is 0 Å². The highest BCUT2D eigenvalue weighted by Gasteiger charge is 2.13. The Kier molecular flexibility index (Phi) is 7.51. The summed E-state index contributed by atoms with van der Waals surface area (Å²) in [4.78, 5) is 12.2. The molecule has 9 nitrogen and oxygen atoms in total. The molecule has 2 rings (SSSR count). The van der Waals surface area contributed by atoms with Gasteiger partial charge in [0.25, 0.3) is 15.9 Å². The Bertz CT molecular complexity index is 1000. The van der Waals surface area contributed by atoms with Crippen molar-refractivity contribution in [2.24, 2.45) is 15.9 Å². The number of amides is 1. The summed E-state index contributed by atoms with van der Waals surface area (Å²) in [5.41, 5.74) is 11.1. The molecule has 0 aliphatic carbocycles. The maximum absolute atomic E-state index is 12.3. The third kappa shape index (κ3) is 6.73. The average Bonchev–Trinajstić information content (AvgIpc) is 2.66. The first-order valence-corrected chi connectivity index (χ1v) is 10.4. The van der Waals surface area contributed by atoms with Crippen LogP contribution < -0.4 is 26.8 Å². The standard InChI is InChI=1S/C18H21N5O4S2/c1-2-11-27-14-7-3-12(4-8-14)16(24)22-18(28)21-13-5-9-15(10-6-13)29(25,26)23-17(19)20/h3-10H,2,11H2,1H3,(H4,19,20,23)(H2,21,22,24,28). The Hall–Kier alpha value is -3.18.